The number of urea groups is 1. The molecule has 2 fully saturated rings. The Morgan fingerprint density at radius 3 is 2.52 bits per heavy atom. The Kier molecular flexibility index (Phi) is 6.19. The van der Waals surface area contributed by atoms with E-state index in [0.29, 0.717) is 44.6 Å². The van der Waals surface area contributed by atoms with Gasteiger partial charge in [0.1, 0.15) is 5.69 Å². The minimum Gasteiger partial charge on any atom is -0.379 e. The first-order valence-electron chi connectivity index (χ1n) is 11.2. The van der Waals surface area contributed by atoms with Gasteiger partial charge >= 0.3 is 12.0 Å². The number of hydrogen-bond donors (Lipinski definition) is 0. The Labute approximate surface area is 182 Å². The van der Waals surface area contributed by atoms with Gasteiger partial charge in [0.2, 0.25) is 11.9 Å². The highest BCUT2D eigenvalue weighted by Crippen LogP contribution is 2.21. The maximum absolute atomic E-state index is 13.5. The summed E-state index contributed by atoms with van der Waals surface area (Å²) in [5.74, 6) is 0.875. The SMILES string of the molecule is CCc1cc(CC)n(C2=[N+](CC)C3C(=O)N(CCN4CCOCC4)C(=O)N(C)C3=N2)n1. The zero-order valence-corrected chi connectivity index (χ0v) is 18.9. The molecule has 1 atom stereocenters. The van der Waals surface area contributed by atoms with Crippen LogP contribution < -0.4 is 0 Å². The number of ether oxygens (including phenoxy) is 1. The number of morpholine rings is 1. The number of aromatic nitrogens is 2. The number of carbonyl (C=O) groups excluding carboxylic acids is 2. The quantitative estimate of drug-likeness (QED) is 0.604. The fourth-order valence-electron chi connectivity index (χ4n) is 4.34. The van der Waals surface area contributed by atoms with Crippen LogP contribution in [0.2, 0.25) is 0 Å². The summed E-state index contributed by atoms with van der Waals surface area (Å²) < 4.78 is 9.17. The van der Waals surface area contributed by atoms with Gasteiger partial charge in [0, 0.05) is 39.6 Å². The van der Waals surface area contributed by atoms with Crippen LogP contribution in [0.25, 0.3) is 0 Å². The van der Waals surface area contributed by atoms with Crippen molar-refractivity contribution in [3.63, 3.8) is 0 Å². The van der Waals surface area contributed by atoms with Crippen molar-refractivity contribution in [2.45, 2.75) is 39.7 Å². The molecule has 10 heteroatoms. The first kappa shape index (κ1) is 21.6. The molecule has 1 unspecified atom stereocenters. The predicted octanol–water partition coefficient (Wildman–Crippen LogP) is 0.251. The maximum atomic E-state index is 13.5. The molecule has 0 N–H and O–H groups in total. The second-order valence-electron chi connectivity index (χ2n) is 7.99. The molecule has 2 saturated heterocycles. The van der Waals surface area contributed by atoms with Crippen LogP contribution in [0.3, 0.4) is 0 Å². The minimum atomic E-state index is -0.605. The van der Waals surface area contributed by atoms with Crippen LogP contribution in [0.1, 0.15) is 32.2 Å². The molecule has 4 heterocycles. The van der Waals surface area contributed by atoms with E-state index >= 15 is 0 Å². The van der Waals surface area contributed by atoms with E-state index in [2.05, 4.69) is 24.8 Å². The largest absolute Gasteiger partial charge is 0.421 e. The van der Waals surface area contributed by atoms with E-state index in [1.165, 1.54) is 9.80 Å². The fourth-order valence-corrected chi connectivity index (χ4v) is 4.34. The normalized spacial score (nSPS) is 22.5. The molecule has 3 amide bonds. The molecule has 0 aliphatic carbocycles. The lowest BCUT2D eigenvalue weighted by atomic mass is 10.1. The first-order valence-corrected chi connectivity index (χ1v) is 11.2. The standard InChI is InChI=1S/C21H32N7O3/c1-5-15-14-16(6-2)28(23-15)20-22-18-17(26(20)7-3)19(29)27(21(30)24(18)4)9-8-25-10-12-31-13-11-25/h14,17H,5-13H2,1-4H3/q+1. The topological polar surface area (TPSA) is 86.3 Å². The van der Waals surface area contributed by atoms with Crippen molar-refractivity contribution in [1.29, 1.82) is 0 Å². The van der Waals surface area contributed by atoms with Crippen LogP contribution in [0, 0.1) is 0 Å². The number of imide groups is 1. The molecule has 10 nitrogen and oxygen atoms in total. The molecule has 168 valence electrons. The summed E-state index contributed by atoms with van der Waals surface area (Å²) in [6.45, 7) is 10.7. The first-order chi connectivity index (χ1) is 15.0. The number of amides is 3. The molecule has 3 aliphatic rings. The highest BCUT2D eigenvalue weighted by Gasteiger charge is 2.52. The summed E-state index contributed by atoms with van der Waals surface area (Å²) in [5.41, 5.74) is 2.03. The third-order valence-corrected chi connectivity index (χ3v) is 6.22. The fraction of sp³-hybridized carbons (Fsp3) is 0.667. The van der Waals surface area contributed by atoms with Crippen LogP contribution in [0.4, 0.5) is 4.79 Å². The van der Waals surface area contributed by atoms with E-state index in [9.17, 15) is 9.59 Å². The van der Waals surface area contributed by atoms with Crippen molar-refractivity contribution in [3.8, 4) is 0 Å². The van der Waals surface area contributed by atoms with Gasteiger partial charge < -0.3 is 4.74 Å². The van der Waals surface area contributed by atoms with Crippen LogP contribution >= 0.6 is 0 Å². The number of hydrogen-bond acceptors (Lipinski definition) is 6. The molecule has 0 radical (unpaired) electrons. The number of amidine groups is 1. The van der Waals surface area contributed by atoms with E-state index in [1.54, 1.807) is 7.05 Å². The number of likely N-dealkylation sites (N-methyl/N-ethyl adjacent to an activating group) is 2. The van der Waals surface area contributed by atoms with Crippen molar-refractivity contribution in [1.82, 2.24) is 24.5 Å². The number of carbonyl (C=O) groups is 2. The van der Waals surface area contributed by atoms with Gasteiger partial charge in [0.05, 0.1) is 25.5 Å². The molecule has 3 aliphatic heterocycles. The Balaban J connectivity index is 1.64. The molecule has 1 aromatic rings. The van der Waals surface area contributed by atoms with Crippen LogP contribution in [0.15, 0.2) is 11.1 Å². The number of aliphatic imine (C=N–C) groups is 1. The van der Waals surface area contributed by atoms with Crippen molar-refractivity contribution in [3.05, 3.63) is 17.5 Å². The molecule has 0 aromatic carbocycles. The lowest BCUT2D eigenvalue weighted by molar-refractivity contribution is -0.534. The highest BCUT2D eigenvalue weighted by atomic mass is 16.5. The van der Waals surface area contributed by atoms with Crippen molar-refractivity contribution < 1.29 is 18.9 Å². The number of fused-ring (bicyclic) bond motifs is 1. The molecule has 0 spiro atoms. The molecular weight excluding hydrogens is 398 g/mol. The lowest BCUT2D eigenvalue weighted by Crippen LogP contribution is -2.63. The van der Waals surface area contributed by atoms with E-state index in [0.717, 1.165) is 37.3 Å². The lowest BCUT2D eigenvalue weighted by Gasteiger charge is -2.35. The van der Waals surface area contributed by atoms with Gasteiger partial charge in [-0.25, -0.2) is 9.37 Å². The van der Waals surface area contributed by atoms with Gasteiger partial charge in [0.25, 0.3) is 5.91 Å². The predicted molar refractivity (Wildman–Crippen MR) is 116 cm³/mol. The van der Waals surface area contributed by atoms with Crippen LogP contribution in [-0.2, 0) is 22.4 Å². The Bertz CT molecular complexity index is 929. The Morgan fingerprint density at radius 2 is 1.87 bits per heavy atom. The second-order valence-corrected chi connectivity index (χ2v) is 7.99. The van der Waals surface area contributed by atoms with Gasteiger partial charge in [-0.2, -0.15) is 0 Å². The summed E-state index contributed by atoms with van der Waals surface area (Å²) in [6.07, 6.45) is 1.63. The monoisotopic (exact) mass is 430 g/mol. The third-order valence-electron chi connectivity index (χ3n) is 6.22. The maximum Gasteiger partial charge on any atom is 0.421 e. The average molecular weight is 431 g/mol. The summed E-state index contributed by atoms with van der Waals surface area (Å²) in [7, 11) is 1.69. The van der Waals surface area contributed by atoms with Gasteiger partial charge in [0.15, 0.2) is 0 Å². The van der Waals surface area contributed by atoms with E-state index in [1.807, 2.05) is 16.2 Å². The average Bonchev–Trinajstić information content (AvgIpc) is 3.39. The molecule has 1 aromatic heterocycles. The number of nitrogens with zero attached hydrogens (tertiary/aromatic N) is 7. The van der Waals surface area contributed by atoms with Gasteiger partial charge in [-0.15, -0.1) is 9.78 Å². The van der Waals surface area contributed by atoms with Crippen molar-refractivity contribution in [2.75, 3.05) is 53.0 Å². The van der Waals surface area contributed by atoms with Crippen molar-refractivity contribution in [2.24, 2.45) is 4.99 Å². The van der Waals surface area contributed by atoms with Gasteiger partial charge in [-0.05, 0) is 19.4 Å². The molecule has 0 saturated carbocycles. The van der Waals surface area contributed by atoms with E-state index in [4.69, 9.17) is 14.8 Å². The summed E-state index contributed by atoms with van der Waals surface area (Å²) in [5, 5.41) is 4.71. The summed E-state index contributed by atoms with van der Waals surface area (Å²) in [6, 6.07) is 1.15. The third kappa shape index (κ3) is 3.78. The molecule has 0 bridgehead atoms. The highest BCUT2D eigenvalue weighted by molar-refractivity contribution is 6.23. The zero-order chi connectivity index (χ0) is 22.1. The number of aryl methyl sites for hydroxylation is 2. The Morgan fingerprint density at radius 1 is 1.13 bits per heavy atom. The zero-order valence-electron chi connectivity index (χ0n) is 18.9. The Hall–Kier alpha value is -2.59. The molecule has 4 rings (SSSR count). The van der Waals surface area contributed by atoms with E-state index < -0.39 is 6.04 Å². The molecule has 31 heavy (non-hydrogen) atoms. The van der Waals surface area contributed by atoms with E-state index in [-0.39, 0.29) is 11.9 Å². The van der Waals surface area contributed by atoms with Gasteiger partial charge in [-0.3, -0.25) is 19.5 Å². The summed E-state index contributed by atoms with van der Waals surface area (Å²) in [4.78, 5) is 36.3. The smallest absolute Gasteiger partial charge is 0.379 e. The van der Waals surface area contributed by atoms with Crippen LogP contribution in [0.5, 0.6) is 0 Å². The summed E-state index contributed by atoms with van der Waals surface area (Å²) >= 11 is 0. The number of rotatable bonds is 6. The minimum absolute atomic E-state index is 0.215. The second kappa shape index (κ2) is 8.88. The van der Waals surface area contributed by atoms with Gasteiger partial charge in [-0.1, -0.05) is 18.8 Å². The van der Waals surface area contributed by atoms with Crippen LogP contribution in [-0.4, -0.2) is 112 Å². The van der Waals surface area contributed by atoms with Crippen molar-refractivity contribution >= 4 is 23.7 Å². The molecular formula is C21H32N7O3+.